The predicted molar refractivity (Wildman–Crippen MR) is 212 cm³/mol. The zero-order valence-corrected chi connectivity index (χ0v) is 35.2. The molecule has 3 saturated carbocycles. The Balaban J connectivity index is 1.65. The number of sulfone groups is 1. The average molecular weight is 778 g/mol. The summed E-state index contributed by atoms with van der Waals surface area (Å²) in [4.78, 5) is 58.3. The van der Waals surface area contributed by atoms with Crippen molar-refractivity contribution in [2.45, 2.75) is 167 Å². The van der Waals surface area contributed by atoms with Crippen LogP contribution in [0.2, 0.25) is 0 Å². The van der Waals surface area contributed by atoms with Crippen LogP contribution in [0.15, 0.2) is 12.7 Å². The van der Waals surface area contributed by atoms with E-state index in [-0.39, 0.29) is 41.9 Å². The molecule has 12 nitrogen and oxygen atoms in total. The Hall–Kier alpha value is -2.67. The molecule has 5 amide bonds. The molecule has 13 heteroatoms. The first kappa shape index (κ1) is 44.0. The lowest BCUT2D eigenvalue weighted by molar-refractivity contribution is -0.145. The second-order valence-electron chi connectivity index (χ2n) is 18.8. The first-order valence-corrected chi connectivity index (χ1v) is 22.3. The van der Waals surface area contributed by atoms with Gasteiger partial charge in [0.2, 0.25) is 11.8 Å². The third kappa shape index (κ3) is 10.0. The van der Waals surface area contributed by atoms with Crippen LogP contribution in [0.5, 0.6) is 0 Å². The Kier molecular flexibility index (Phi) is 14.4. The van der Waals surface area contributed by atoms with E-state index in [0.29, 0.717) is 38.1 Å². The summed E-state index contributed by atoms with van der Waals surface area (Å²) in [5.41, 5.74) is -1.62. The van der Waals surface area contributed by atoms with Gasteiger partial charge >= 0.3 is 6.03 Å². The summed E-state index contributed by atoms with van der Waals surface area (Å²) < 4.78 is 26.5. The smallest absolute Gasteiger partial charge is 0.315 e. The largest absolute Gasteiger partial charge is 0.381 e. The van der Waals surface area contributed by atoms with Gasteiger partial charge in [0.25, 0.3) is 5.91 Å². The van der Waals surface area contributed by atoms with Crippen LogP contribution in [-0.2, 0) is 24.2 Å². The molecule has 308 valence electrons. The van der Waals surface area contributed by atoms with Crippen molar-refractivity contribution >= 4 is 33.6 Å². The molecule has 4 rings (SSSR count). The van der Waals surface area contributed by atoms with Gasteiger partial charge in [-0.3, -0.25) is 14.4 Å². The molecule has 3 unspecified atom stereocenters. The van der Waals surface area contributed by atoms with Crippen molar-refractivity contribution in [3.63, 3.8) is 0 Å². The number of hydrogen-bond donors (Lipinski definition) is 5. The number of carbonyl (C=O) groups excluding carboxylic acids is 4. The van der Waals surface area contributed by atoms with Crippen LogP contribution in [0.3, 0.4) is 0 Å². The lowest BCUT2D eigenvalue weighted by Gasteiger charge is -2.49. The second-order valence-corrected chi connectivity index (χ2v) is 21.6. The molecule has 1 heterocycles. The maximum atomic E-state index is 15.0. The summed E-state index contributed by atoms with van der Waals surface area (Å²) in [7, 11) is -3.63. The van der Waals surface area contributed by atoms with E-state index in [2.05, 4.69) is 27.8 Å². The SMILES string of the molecule is C=CCNC(=O)C(O)C(CC1CC1)NC(=O)[C@@H]1[C@@H](C(C)C)CCN1C(=O)[C@@H](NC(=O)NC1(CS(=O)(=O)C(C)(C)C)[C@H](C)CCC[C@@H]1C)C1(C)CCCCC1. The minimum Gasteiger partial charge on any atom is -0.381 e. The molecular formula is C41H71N5O7S. The molecule has 4 fully saturated rings. The third-order valence-corrected chi connectivity index (χ3v) is 16.2. The van der Waals surface area contributed by atoms with Crippen LogP contribution >= 0.6 is 0 Å². The third-order valence-electron chi connectivity index (χ3n) is 13.5. The van der Waals surface area contributed by atoms with Crippen LogP contribution in [0.25, 0.3) is 0 Å². The monoisotopic (exact) mass is 778 g/mol. The summed E-state index contributed by atoms with van der Waals surface area (Å²) in [5.74, 6) is -1.56. The summed E-state index contributed by atoms with van der Waals surface area (Å²) in [6.45, 7) is 19.3. The van der Waals surface area contributed by atoms with Crippen molar-refractivity contribution in [1.82, 2.24) is 26.2 Å². The van der Waals surface area contributed by atoms with Crippen molar-refractivity contribution in [2.24, 2.45) is 35.0 Å². The molecule has 0 radical (unpaired) electrons. The molecule has 1 aliphatic heterocycles. The Labute approximate surface area is 325 Å². The van der Waals surface area contributed by atoms with Gasteiger partial charge in [-0.15, -0.1) is 6.58 Å². The van der Waals surface area contributed by atoms with E-state index in [1.807, 2.05) is 34.6 Å². The first-order valence-electron chi connectivity index (χ1n) is 20.7. The van der Waals surface area contributed by atoms with E-state index in [1.54, 1.807) is 25.7 Å². The number of hydrogen-bond acceptors (Lipinski definition) is 7. The number of rotatable bonds is 15. The highest BCUT2D eigenvalue weighted by Gasteiger charge is 2.53. The van der Waals surface area contributed by atoms with Gasteiger partial charge in [0.15, 0.2) is 15.9 Å². The highest BCUT2D eigenvalue weighted by atomic mass is 32.2. The number of nitrogens with one attached hydrogen (secondary N) is 4. The molecule has 0 aromatic heterocycles. The number of aliphatic hydroxyl groups is 1. The van der Waals surface area contributed by atoms with Crippen LogP contribution in [-0.4, -0.2) is 95.5 Å². The predicted octanol–water partition coefficient (Wildman–Crippen LogP) is 4.85. The number of aliphatic hydroxyl groups excluding tert-OH is 1. The van der Waals surface area contributed by atoms with E-state index < -0.39 is 67.6 Å². The molecule has 5 N–H and O–H groups in total. The van der Waals surface area contributed by atoms with Gasteiger partial charge in [-0.05, 0) is 94.3 Å². The fourth-order valence-corrected chi connectivity index (χ4v) is 11.1. The second kappa shape index (κ2) is 17.6. The summed E-state index contributed by atoms with van der Waals surface area (Å²) >= 11 is 0. The first-order chi connectivity index (χ1) is 25.2. The molecule has 0 aromatic rings. The molecule has 54 heavy (non-hydrogen) atoms. The van der Waals surface area contributed by atoms with Gasteiger partial charge < -0.3 is 31.3 Å². The molecule has 0 bridgehead atoms. The molecule has 8 atom stereocenters. The number of carbonyl (C=O) groups is 4. The maximum Gasteiger partial charge on any atom is 0.315 e. The van der Waals surface area contributed by atoms with Crippen molar-refractivity contribution < 1.29 is 32.7 Å². The van der Waals surface area contributed by atoms with Crippen molar-refractivity contribution in [1.29, 1.82) is 0 Å². The topological polar surface area (TPSA) is 174 Å². The summed E-state index contributed by atoms with van der Waals surface area (Å²) in [6.07, 6.45) is 9.79. The van der Waals surface area contributed by atoms with Crippen molar-refractivity contribution in [2.75, 3.05) is 18.8 Å². The summed E-state index contributed by atoms with van der Waals surface area (Å²) in [6, 6.07) is -3.20. The van der Waals surface area contributed by atoms with Crippen LogP contribution in [0.1, 0.15) is 132 Å². The number of urea groups is 1. The van der Waals surface area contributed by atoms with Gasteiger partial charge in [0.1, 0.15) is 12.1 Å². The Morgan fingerprint density at radius 2 is 1.56 bits per heavy atom. The lowest BCUT2D eigenvalue weighted by atomic mass is 9.68. The Bertz CT molecular complexity index is 1460. The molecule has 3 aliphatic carbocycles. The van der Waals surface area contributed by atoms with Gasteiger partial charge in [0.05, 0.1) is 22.1 Å². The Morgan fingerprint density at radius 3 is 2.09 bits per heavy atom. The standard InChI is InChI=1S/C41H71N5O7S/c1-10-22-42-36(49)33(47)31(24-29-17-18-29)43-35(48)32-30(26(2)3)19-23-46(32)37(50)34(40(9)20-12-11-13-21-40)44-38(51)45-41(25-54(52,53)39(6,7)8)27(4)15-14-16-28(41)5/h10,26-34,47H,1,11-25H2,2-9H3,(H,42,49)(H,43,48)(H2,44,45,51)/t27-,28+,30-,31?,32+,33?,34-,41?/m1/s1. The quantitative estimate of drug-likeness (QED) is 0.148. The molecule has 4 aliphatic rings. The van der Waals surface area contributed by atoms with Crippen molar-refractivity contribution in [3.8, 4) is 0 Å². The van der Waals surface area contributed by atoms with Gasteiger partial charge in [-0.25, -0.2) is 13.2 Å². The fraction of sp³-hybridized carbons (Fsp3) is 0.854. The minimum atomic E-state index is -3.63. The van der Waals surface area contributed by atoms with E-state index >= 15 is 4.79 Å². The zero-order chi connectivity index (χ0) is 40.2. The van der Waals surface area contributed by atoms with Crippen LogP contribution in [0, 0.1) is 35.0 Å². The lowest BCUT2D eigenvalue weighted by Crippen LogP contribution is -2.68. The zero-order valence-electron chi connectivity index (χ0n) is 34.3. The van der Waals surface area contributed by atoms with Crippen LogP contribution < -0.4 is 21.3 Å². The van der Waals surface area contributed by atoms with E-state index in [1.165, 1.54) is 6.08 Å². The fourth-order valence-electron chi connectivity index (χ4n) is 9.36. The molecular weight excluding hydrogens is 707 g/mol. The average Bonchev–Trinajstić information content (AvgIpc) is 3.80. The number of amides is 5. The highest BCUT2D eigenvalue weighted by molar-refractivity contribution is 7.92. The van der Waals surface area contributed by atoms with E-state index in [9.17, 15) is 27.9 Å². The van der Waals surface area contributed by atoms with Gasteiger partial charge in [0, 0.05) is 13.1 Å². The maximum absolute atomic E-state index is 15.0. The number of likely N-dealkylation sites (tertiary alicyclic amines) is 1. The normalized spacial score (nSPS) is 29.1. The van der Waals surface area contributed by atoms with E-state index in [0.717, 1.165) is 51.4 Å². The van der Waals surface area contributed by atoms with Crippen LogP contribution in [0.4, 0.5) is 4.79 Å². The van der Waals surface area contributed by atoms with E-state index in [4.69, 9.17) is 0 Å². The number of nitrogens with zero attached hydrogens (tertiary/aromatic N) is 1. The van der Waals surface area contributed by atoms with Gasteiger partial charge in [-0.1, -0.05) is 79.2 Å². The summed E-state index contributed by atoms with van der Waals surface area (Å²) in [5, 5.41) is 23.0. The molecule has 0 aromatic carbocycles. The molecule has 0 spiro atoms. The Morgan fingerprint density at radius 1 is 0.944 bits per heavy atom. The minimum absolute atomic E-state index is 0.0557. The highest BCUT2D eigenvalue weighted by Crippen LogP contribution is 2.43. The van der Waals surface area contributed by atoms with Gasteiger partial charge in [-0.2, -0.15) is 0 Å². The van der Waals surface area contributed by atoms with Crippen molar-refractivity contribution in [3.05, 3.63) is 12.7 Å². The molecule has 1 saturated heterocycles.